The summed E-state index contributed by atoms with van der Waals surface area (Å²) in [6.07, 6.45) is 0.866. The zero-order chi connectivity index (χ0) is 19.2. The highest BCUT2D eigenvalue weighted by Gasteiger charge is 2.10. The van der Waals surface area contributed by atoms with Crippen LogP contribution in [-0.2, 0) is 18.7 Å². The summed E-state index contributed by atoms with van der Waals surface area (Å²) in [5.74, 6) is 1.58. The Kier molecular flexibility index (Phi) is 5.98. The molecule has 0 N–H and O–H groups in total. The number of benzene rings is 2. The second kappa shape index (κ2) is 8.99. The first-order valence-corrected chi connectivity index (χ1v) is 10.7. The minimum Gasteiger partial charge on any atom is -0.497 e. The van der Waals surface area contributed by atoms with E-state index in [4.69, 9.17) is 9.72 Å². The predicted octanol–water partition coefficient (Wildman–Crippen LogP) is 4.07. The van der Waals surface area contributed by atoms with Gasteiger partial charge in [0.25, 0.3) is 0 Å². The Morgan fingerprint density at radius 1 is 1.04 bits per heavy atom. The molecule has 0 saturated heterocycles. The topological polar surface area (TPSA) is 65.7 Å². The van der Waals surface area contributed by atoms with Gasteiger partial charge in [0.05, 0.1) is 24.4 Å². The molecular formula is C20H19N5OS2. The van der Waals surface area contributed by atoms with Gasteiger partial charge in [-0.05, 0) is 33.7 Å². The molecule has 0 bridgehead atoms. The summed E-state index contributed by atoms with van der Waals surface area (Å²) in [7, 11) is 1.66. The molecule has 0 fully saturated rings. The summed E-state index contributed by atoms with van der Waals surface area (Å²) >= 11 is 3.30. The average molecular weight is 410 g/mol. The van der Waals surface area contributed by atoms with E-state index in [9.17, 15) is 0 Å². The first-order chi connectivity index (χ1) is 13.8. The van der Waals surface area contributed by atoms with Crippen molar-refractivity contribution >= 4 is 23.1 Å². The maximum Gasteiger partial charge on any atom is 0.210 e. The lowest BCUT2D eigenvalue weighted by Gasteiger charge is -2.05. The molecule has 6 nitrogen and oxygen atoms in total. The van der Waals surface area contributed by atoms with Gasteiger partial charge in [-0.2, -0.15) is 0 Å². The van der Waals surface area contributed by atoms with Gasteiger partial charge in [0.1, 0.15) is 5.75 Å². The Morgan fingerprint density at radius 3 is 2.64 bits per heavy atom. The third kappa shape index (κ3) is 4.76. The maximum absolute atomic E-state index is 5.20. The summed E-state index contributed by atoms with van der Waals surface area (Å²) in [5, 5.41) is 16.1. The number of hydrogen-bond acceptors (Lipinski definition) is 7. The average Bonchev–Trinajstić information content (AvgIpc) is 3.37. The van der Waals surface area contributed by atoms with Crippen LogP contribution in [-0.4, -0.2) is 32.3 Å². The maximum atomic E-state index is 5.20. The molecular weight excluding hydrogens is 390 g/mol. The van der Waals surface area contributed by atoms with Crippen LogP contribution in [0.25, 0.3) is 0 Å². The highest BCUT2D eigenvalue weighted by molar-refractivity contribution is 7.98. The lowest BCUT2D eigenvalue weighted by atomic mass is 10.2. The van der Waals surface area contributed by atoms with Crippen molar-refractivity contribution < 1.29 is 4.74 Å². The van der Waals surface area contributed by atoms with E-state index in [1.807, 2.05) is 35.0 Å². The number of methoxy groups -OCH3 is 1. The Balaban J connectivity index is 1.36. The normalized spacial score (nSPS) is 10.9. The molecule has 2 aromatic carbocycles. The Morgan fingerprint density at radius 2 is 1.86 bits per heavy atom. The summed E-state index contributed by atoms with van der Waals surface area (Å²) < 4.78 is 7.01. The van der Waals surface area contributed by atoms with Gasteiger partial charge in [-0.15, -0.1) is 16.4 Å². The molecule has 4 aromatic rings. The second-order valence-electron chi connectivity index (χ2n) is 6.15. The van der Waals surface area contributed by atoms with E-state index >= 15 is 0 Å². The van der Waals surface area contributed by atoms with Crippen LogP contribution in [0.4, 0.5) is 0 Å². The van der Waals surface area contributed by atoms with Crippen LogP contribution in [0, 0.1) is 0 Å². The summed E-state index contributed by atoms with van der Waals surface area (Å²) in [5.41, 5.74) is 3.45. The predicted molar refractivity (Wildman–Crippen MR) is 111 cm³/mol. The Labute approximate surface area is 171 Å². The standard InChI is InChI=1S/C20H19N5OS2/c1-26-18-9-7-16(8-10-18)12-25-20(22-23-24-25)28-14-17-13-27-19(21-17)11-15-5-3-2-4-6-15/h2-10,13H,11-12,14H2,1H3. The van der Waals surface area contributed by atoms with Gasteiger partial charge < -0.3 is 4.74 Å². The number of thioether (sulfide) groups is 1. The van der Waals surface area contributed by atoms with Crippen LogP contribution < -0.4 is 4.74 Å². The van der Waals surface area contributed by atoms with E-state index in [1.54, 1.807) is 30.2 Å². The fourth-order valence-corrected chi connectivity index (χ4v) is 4.41. The van der Waals surface area contributed by atoms with Crippen LogP contribution in [0.1, 0.15) is 21.8 Å². The van der Waals surface area contributed by atoms with Gasteiger partial charge in [0, 0.05) is 17.6 Å². The first-order valence-electron chi connectivity index (χ1n) is 8.79. The zero-order valence-corrected chi connectivity index (χ0v) is 17.0. The second-order valence-corrected chi connectivity index (χ2v) is 8.04. The minimum atomic E-state index is 0.621. The molecule has 0 spiro atoms. The van der Waals surface area contributed by atoms with Crippen LogP contribution in [0.2, 0.25) is 0 Å². The molecule has 0 unspecified atom stereocenters. The van der Waals surface area contributed by atoms with Crippen molar-refractivity contribution in [1.82, 2.24) is 25.2 Å². The molecule has 0 aliphatic heterocycles. The molecule has 142 valence electrons. The van der Waals surface area contributed by atoms with Crippen molar-refractivity contribution in [3.63, 3.8) is 0 Å². The minimum absolute atomic E-state index is 0.621. The summed E-state index contributed by atoms with van der Waals surface area (Å²) in [6, 6.07) is 18.3. The largest absolute Gasteiger partial charge is 0.497 e. The third-order valence-electron chi connectivity index (χ3n) is 4.14. The molecule has 0 aliphatic rings. The fraction of sp³-hybridized carbons (Fsp3) is 0.200. The van der Waals surface area contributed by atoms with E-state index in [0.717, 1.165) is 39.3 Å². The van der Waals surface area contributed by atoms with Crippen molar-refractivity contribution in [2.24, 2.45) is 0 Å². The highest BCUT2D eigenvalue weighted by atomic mass is 32.2. The highest BCUT2D eigenvalue weighted by Crippen LogP contribution is 2.23. The van der Waals surface area contributed by atoms with Crippen molar-refractivity contribution in [2.75, 3.05) is 7.11 Å². The van der Waals surface area contributed by atoms with Gasteiger partial charge in [0.15, 0.2) is 0 Å². The van der Waals surface area contributed by atoms with Crippen LogP contribution >= 0.6 is 23.1 Å². The van der Waals surface area contributed by atoms with Gasteiger partial charge >= 0.3 is 0 Å². The van der Waals surface area contributed by atoms with E-state index in [-0.39, 0.29) is 0 Å². The SMILES string of the molecule is COc1ccc(Cn2nnnc2SCc2csc(Cc3ccccc3)n2)cc1. The molecule has 28 heavy (non-hydrogen) atoms. The molecule has 0 aliphatic carbocycles. The Hall–Kier alpha value is -2.71. The van der Waals surface area contributed by atoms with Crippen molar-refractivity contribution in [3.05, 3.63) is 81.8 Å². The molecule has 0 amide bonds. The van der Waals surface area contributed by atoms with Crippen molar-refractivity contribution in [3.8, 4) is 5.75 Å². The molecule has 2 heterocycles. The van der Waals surface area contributed by atoms with Gasteiger partial charge in [-0.1, -0.05) is 54.2 Å². The molecule has 8 heteroatoms. The van der Waals surface area contributed by atoms with Crippen molar-refractivity contribution in [1.29, 1.82) is 0 Å². The number of tetrazole rings is 1. The smallest absolute Gasteiger partial charge is 0.210 e. The number of thiazole rings is 1. The molecule has 4 rings (SSSR count). The number of ether oxygens (including phenoxy) is 1. The lowest BCUT2D eigenvalue weighted by Crippen LogP contribution is -2.04. The van der Waals surface area contributed by atoms with Gasteiger partial charge in [-0.3, -0.25) is 0 Å². The number of aromatic nitrogens is 5. The van der Waals surface area contributed by atoms with Crippen molar-refractivity contribution in [2.45, 2.75) is 23.9 Å². The monoisotopic (exact) mass is 409 g/mol. The Bertz CT molecular complexity index is 1010. The quantitative estimate of drug-likeness (QED) is 0.409. The van der Waals surface area contributed by atoms with Gasteiger partial charge in [0.2, 0.25) is 5.16 Å². The number of hydrogen-bond donors (Lipinski definition) is 0. The van der Waals surface area contributed by atoms with Crippen LogP contribution in [0.5, 0.6) is 5.75 Å². The molecule has 2 aromatic heterocycles. The molecule has 0 radical (unpaired) electrons. The van der Waals surface area contributed by atoms with Crippen LogP contribution in [0.15, 0.2) is 65.1 Å². The number of rotatable bonds is 8. The fourth-order valence-electron chi connectivity index (χ4n) is 2.71. The van der Waals surface area contributed by atoms with E-state index in [1.165, 1.54) is 5.56 Å². The molecule has 0 saturated carbocycles. The van der Waals surface area contributed by atoms with E-state index < -0.39 is 0 Å². The van der Waals surface area contributed by atoms with E-state index in [0.29, 0.717) is 6.54 Å². The summed E-state index contributed by atoms with van der Waals surface area (Å²) in [6.45, 7) is 0.621. The number of nitrogens with zero attached hydrogens (tertiary/aromatic N) is 5. The lowest BCUT2D eigenvalue weighted by molar-refractivity contribution is 0.414. The van der Waals surface area contributed by atoms with E-state index in [2.05, 4.69) is 45.2 Å². The van der Waals surface area contributed by atoms with Crippen LogP contribution in [0.3, 0.4) is 0 Å². The molecule has 0 atom stereocenters. The first kappa shape index (κ1) is 18.6. The third-order valence-corrected chi connectivity index (χ3v) is 6.03. The summed E-state index contributed by atoms with van der Waals surface area (Å²) in [4.78, 5) is 4.74. The van der Waals surface area contributed by atoms with Gasteiger partial charge in [-0.25, -0.2) is 9.67 Å². The zero-order valence-electron chi connectivity index (χ0n) is 15.4.